The number of aliphatic hydroxyl groups excluding tert-OH is 1. The molecule has 1 amide bonds. The van der Waals surface area contributed by atoms with Gasteiger partial charge in [0, 0.05) is 5.92 Å². The summed E-state index contributed by atoms with van der Waals surface area (Å²) in [7, 11) is 0. The van der Waals surface area contributed by atoms with E-state index in [-0.39, 0.29) is 18.4 Å². The molecule has 0 spiro atoms. The number of carbonyl (C=O) groups excluding carboxylic acids is 1. The van der Waals surface area contributed by atoms with Crippen LogP contribution in [-0.2, 0) is 10.3 Å². The predicted octanol–water partition coefficient (Wildman–Crippen LogP) is 2.59. The summed E-state index contributed by atoms with van der Waals surface area (Å²) in [6, 6.07) is 9.67. The van der Waals surface area contributed by atoms with Crippen molar-refractivity contribution in [3.05, 3.63) is 35.9 Å². The topological polar surface area (TPSA) is 49.3 Å². The number of hydrogen-bond donors (Lipinski definition) is 2. The lowest BCUT2D eigenvalue weighted by atomic mass is 9.86. The lowest BCUT2D eigenvalue weighted by Gasteiger charge is -2.32. The number of benzene rings is 1. The molecular weight excluding hydrogens is 238 g/mol. The summed E-state index contributed by atoms with van der Waals surface area (Å²) < 4.78 is 0. The van der Waals surface area contributed by atoms with E-state index in [9.17, 15) is 9.90 Å². The molecule has 1 atom stereocenters. The summed E-state index contributed by atoms with van der Waals surface area (Å²) in [6.45, 7) is 1.79. The first kappa shape index (κ1) is 14.1. The van der Waals surface area contributed by atoms with E-state index in [1.807, 2.05) is 37.3 Å². The van der Waals surface area contributed by atoms with Crippen LogP contribution in [0.2, 0.25) is 0 Å². The zero-order valence-corrected chi connectivity index (χ0v) is 11.6. The number of amides is 1. The number of aliphatic hydroxyl groups is 1. The molecule has 0 aromatic heterocycles. The summed E-state index contributed by atoms with van der Waals surface area (Å²) in [4.78, 5) is 12.3. The Morgan fingerprint density at radius 1 is 1.26 bits per heavy atom. The Morgan fingerprint density at radius 2 is 1.89 bits per heavy atom. The molecule has 1 saturated carbocycles. The van der Waals surface area contributed by atoms with Gasteiger partial charge in [-0.3, -0.25) is 4.79 Å². The highest BCUT2D eigenvalue weighted by molar-refractivity contribution is 5.79. The second kappa shape index (κ2) is 6.20. The maximum atomic E-state index is 12.3. The van der Waals surface area contributed by atoms with E-state index in [1.54, 1.807) is 0 Å². The van der Waals surface area contributed by atoms with Gasteiger partial charge < -0.3 is 10.4 Å². The third kappa shape index (κ3) is 3.35. The molecule has 1 aliphatic carbocycles. The number of hydrogen-bond acceptors (Lipinski definition) is 2. The van der Waals surface area contributed by atoms with Crippen molar-refractivity contribution in [2.45, 2.75) is 44.6 Å². The van der Waals surface area contributed by atoms with Crippen molar-refractivity contribution in [3.8, 4) is 0 Å². The second-order valence-corrected chi connectivity index (χ2v) is 5.68. The minimum Gasteiger partial charge on any atom is -0.394 e. The quantitative estimate of drug-likeness (QED) is 0.875. The Hall–Kier alpha value is -1.35. The molecule has 104 valence electrons. The van der Waals surface area contributed by atoms with E-state index in [0.29, 0.717) is 0 Å². The van der Waals surface area contributed by atoms with E-state index in [2.05, 4.69) is 5.32 Å². The third-order valence-corrected chi connectivity index (χ3v) is 4.10. The van der Waals surface area contributed by atoms with Gasteiger partial charge in [-0.15, -0.1) is 0 Å². The Labute approximate surface area is 115 Å². The van der Waals surface area contributed by atoms with Crippen molar-refractivity contribution in [2.75, 3.05) is 6.61 Å². The molecule has 0 saturated heterocycles. The van der Waals surface area contributed by atoms with Crippen LogP contribution in [0.4, 0.5) is 0 Å². The average molecular weight is 261 g/mol. The van der Waals surface area contributed by atoms with E-state index in [4.69, 9.17) is 0 Å². The monoisotopic (exact) mass is 261 g/mol. The molecule has 0 radical (unpaired) electrons. The smallest absolute Gasteiger partial charge is 0.223 e. The van der Waals surface area contributed by atoms with E-state index >= 15 is 0 Å². The SMILES string of the molecule is CC(CO)(NC(=O)C1CCCCC1)c1ccccc1. The molecule has 2 N–H and O–H groups in total. The van der Waals surface area contributed by atoms with Crippen LogP contribution >= 0.6 is 0 Å². The zero-order chi connectivity index (χ0) is 13.7. The number of nitrogens with one attached hydrogen (secondary N) is 1. The molecule has 1 aliphatic rings. The van der Waals surface area contributed by atoms with Gasteiger partial charge in [0.05, 0.1) is 12.1 Å². The predicted molar refractivity (Wildman–Crippen MR) is 75.6 cm³/mol. The lowest BCUT2D eigenvalue weighted by Crippen LogP contribution is -2.48. The second-order valence-electron chi connectivity index (χ2n) is 5.68. The highest BCUT2D eigenvalue weighted by Gasteiger charge is 2.31. The summed E-state index contributed by atoms with van der Waals surface area (Å²) in [5.41, 5.74) is 0.261. The first-order valence-corrected chi connectivity index (χ1v) is 7.14. The Morgan fingerprint density at radius 3 is 2.47 bits per heavy atom. The van der Waals surface area contributed by atoms with Crippen molar-refractivity contribution >= 4 is 5.91 Å². The van der Waals surface area contributed by atoms with E-state index in [1.165, 1.54) is 6.42 Å². The molecule has 0 aliphatic heterocycles. The van der Waals surface area contributed by atoms with Crippen molar-refractivity contribution in [1.29, 1.82) is 0 Å². The number of carbonyl (C=O) groups is 1. The molecule has 0 bridgehead atoms. The molecule has 3 nitrogen and oxygen atoms in total. The van der Waals surface area contributed by atoms with Gasteiger partial charge in [0.1, 0.15) is 0 Å². The van der Waals surface area contributed by atoms with Gasteiger partial charge in [0.15, 0.2) is 0 Å². The Kier molecular flexibility index (Phi) is 4.59. The summed E-state index contributed by atoms with van der Waals surface area (Å²) in [5.74, 6) is 0.198. The average Bonchev–Trinajstić information content (AvgIpc) is 2.49. The summed E-state index contributed by atoms with van der Waals surface area (Å²) in [6.07, 6.45) is 5.46. The molecule has 19 heavy (non-hydrogen) atoms. The minimum absolute atomic E-state index is 0.0834. The summed E-state index contributed by atoms with van der Waals surface area (Å²) >= 11 is 0. The minimum atomic E-state index is -0.685. The van der Waals surface area contributed by atoms with Gasteiger partial charge in [-0.2, -0.15) is 0 Å². The highest BCUT2D eigenvalue weighted by atomic mass is 16.3. The molecule has 1 aromatic carbocycles. The van der Waals surface area contributed by atoms with Crippen LogP contribution in [0.25, 0.3) is 0 Å². The third-order valence-electron chi connectivity index (χ3n) is 4.10. The molecule has 0 heterocycles. The highest BCUT2D eigenvalue weighted by Crippen LogP contribution is 2.26. The van der Waals surface area contributed by atoms with Crippen LogP contribution in [-0.4, -0.2) is 17.6 Å². The van der Waals surface area contributed by atoms with Gasteiger partial charge in [0.25, 0.3) is 0 Å². The maximum Gasteiger partial charge on any atom is 0.223 e. The van der Waals surface area contributed by atoms with E-state index < -0.39 is 5.54 Å². The molecular formula is C16H23NO2. The maximum absolute atomic E-state index is 12.3. The molecule has 2 rings (SSSR count). The van der Waals surface area contributed by atoms with Crippen molar-refractivity contribution in [2.24, 2.45) is 5.92 Å². The largest absolute Gasteiger partial charge is 0.394 e. The van der Waals surface area contributed by atoms with Crippen LogP contribution in [0, 0.1) is 5.92 Å². The van der Waals surface area contributed by atoms with Gasteiger partial charge in [-0.25, -0.2) is 0 Å². The van der Waals surface area contributed by atoms with Crippen molar-refractivity contribution in [3.63, 3.8) is 0 Å². The standard InChI is InChI=1S/C16H23NO2/c1-16(12-18,14-10-6-3-7-11-14)17-15(19)13-8-4-2-5-9-13/h3,6-7,10-11,13,18H,2,4-5,8-9,12H2,1H3,(H,17,19). The first-order chi connectivity index (χ1) is 9.15. The van der Waals surface area contributed by atoms with Crippen LogP contribution in [0.1, 0.15) is 44.6 Å². The normalized spacial score (nSPS) is 19.7. The molecule has 1 aromatic rings. The van der Waals surface area contributed by atoms with Gasteiger partial charge in [0.2, 0.25) is 5.91 Å². The zero-order valence-electron chi connectivity index (χ0n) is 11.6. The molecule has 3 heteroatoms. The molecule has 1 fully saturated rings. The Bertz CT molecular complexity index is 412. The van der Waals surface area contributed by atoms with Crippen molar-refractivity contribution in [1.82, 2.24) is 5.32 Å². The van der Waals surface area contributed by atoms with Crippen molar-refractivity contribution < 1.29 is 9.90 Å². The van der Waals surface area contributed by atoms with Crippen LogP contribution < -0.4 is 5.32 Å². The fourth-order valence-electron chi connectivity index (χ4n) is 2.75. The fourth-order valence-corrected chi connectivity index (χ4v) is 2.75. The Balaban J connectivity index is 2.07. The van der Waals surface area contributed by atoms with Crippen LogP contribution in [0.3, 0.4) is 0 Å². The summed E-state index contributed by atoms with van der Waals surface area (Å²) in [5, 5.41) is 12.7. The molecule has 1 unspecified atom stereocenters. The van der Waals surface area contributed by atoms with Gasteiger partial charge in [-0.1, -0.05) is 49.6 Å². The first-order valence-electron chi connectivity index (χ1n) is 7.14. The lowest BCUT2D eigenvalue weighted by molar-refractivity contribution is -0.128. The van der Waals surface area contributed by atoms with Crippen LogP contribution in [0.15, 0.2) is 30.3 Å². The van der Waals surface area contributed by atoms with Gasteiger partial charge >= 0.3 is 0 Å². The number of rotatable bonds is 4. The fraction of sp³-hybridized carbons (Fsp3) is 0.562. The van der Waals surface area contributed by atoms with Gasteiger partial charge in [-0.05, 0) is 25.3 Å². The van der Waals surface area contributed by atoms with E-state index in [0.717, 1.165) is 31.2 Å². The van der Waals surface area contributed by atoms with Crippen LogP contribution in [0.5, 0.6) is 0 Å².